The van der Waals surface area contributed by atoms with Gasteiger partial charge >= 0.3 is 5.97 Å². The van der Waals surface area contributed by atoms with Crippen molar-refractivity contribution in [1.29, 1.82) is 0 Å². The fourth-order valence-electron chi connectivity index (χ4n) is 9.90. The van der Waals surface area contributed by atoms with E-state index in [-0.39, 0.29) is 53.3 Å². The third kappa shape index (κ3) is 14.3. The van der Waals surface area contributed by atoms with Crippen LogP contribution in [0.5, 0.6) is 0 Å². The second-order valence-electron chi connectivity index (χ2n) is 20.6. The monoisotopic (exact) mass is 1390 g/mol. The third-order valence-corrected chi connectivity index (χ3v) is 15.4. The van der Waals surface area contributed by atoms with E-state index >= 15 is 0 Å². The van der Waals surface area contributed by atoms with Crippen LogP contribution in [0.4, 0.5) is 23.8 Å². The molecule has 11 rings (SSSR count). The number of nitrogens with two attached hydrogens (primary N) is 6. The van der Waals surface area contributed by atoms with Crippen LogP contribution >= 0.6 is 31.9 Å². The molecule has 0 bridgehead atoms. The van der Waals surface area contributed by atoms with Crippen molar-refractivity contribution < 1.29 is 38.7 Å². The second kappa shape index (κ2) is 27.8. The van der Waals surface area contributed by atoms with Gasteiger partial charge in [-0.15, -0.1) is 0 Å². The Hall–Kier alpha value is -11.4. The van der Waals surface area contributed by atoms with Crippen LogP contribution in [0.3, 0.4) is 0 Å². The zero-order valence-corrected chi connectivity index (χ0v) is 54.0. The van der Waals surface area contributed by atoms with Crippen molar-refractivity contribution in [3.05, 3.63) is 157 Å². The molecule has 9 heterocycles. The third-order valence-electron chi connectivity index (χ3n) is 14.2. The molecule has 6 amide bonds. The number of carbonyl (C=O) groups excluding carboxylic acids is 6. The molecule has 2 aromatic carbocycles. The van der Waals surface area contributed by atoms with Gasteiger partial charge in [0.15, 0.2) is 11.3 Å². The number of aromatic nitrogens is 16. The van der Waals surface area contributed by atoms with Crippen LogP contribution in [-0.2, 0) is 45.8 Å². The molecule has 11 aromatic rings. The van der Waals surface area contributed by atoms with E-state index < -0.39 is 41.4 Å². The summed E-state index contributed by atoms with van der Waals surface area (Å²) < 4.78 is 12.8. The average molecular weight is 1400 g/mol. The molecular weight excluding hydrogens is 1330 g/mol. The first-order valence-corrected chi connectivity index (χ1v) is 30.0. The number of amides is 6. The molecule has 15 N–H and O–H groups in total. The number of carbonyl (C=O) groups is 7. The van der Waals surface area contributed by atoms with E-state index in [0.717, 1.165) is 11.2 Å². The highest BCUT2D eigenvalue weighted by molar-refractivity contribution is 9.11. The van der Waals surface area contributed by atoms with E-state index in [0.29, 0.717) is 115 Å². The lowest BCUT2D eigenvalue weighted by molar-refractivity contribution is 0.0682. The Morgan fingerprint density at radius 1 is 0.462 bits per heavy atom. The number of primary amides is 4. The van der Waals surface area contributed by atoms with Crippen LogP contribution in [0.1, 0.15) is 111 Å². The van der Waals surface area contributed by atoms with Crippen molar-refractivity contribution in [1.82, 2.24) is 77.5 Å². The largest absolute Gasteiger partial charge is 0.477 e. The number of aromatic carboxylic acids is 1. The maximum Gasteiger partial charge on any atom is 0.354 e. The number of hydrogen-bond acceptors (Lipinski definition) is 18. The van der Waals surface area contributed by atoms with Gasteiger partial charge in [-0.2, -0.15) is 15.3 Å². The first-order valence-electron chi connectivity index (χ1n) is 28.4. The summed E-state index contributed by atoms with van der Waals surface area (Å²) in [4.78, 5) is 110. The van der Waals surface area contributed by atoms with E-state index in [1.54, 1.807) is 96.9 Å². The van der Waals surface area contributed by atoms with Crippen molar-refractivity contribution in [2.45, 2.75) is 87.4 Å². The van der Waals surface area contributed by atoms with Crippen molar-refractivity contribution in [3.63, 3.8) is 0 Å². The van der Waals surface area contributed by atoms with Crippen LogP contribution in [0.15, 0.2) is 100 Å². The highest BCUT2D eigenvalue weighted by atomic mass is 79.9. The Bertz CT molecular complexity index is 4870. The topological polar surface area (TPSA) is 470 Å². The van der Waals surface area contributed by atoms with Gasteiger partial charge in [-0.05, 0) is 128 Å². The second-order valence-corrected chi connectivity index (χ2v) is 22.3. The molecule has 480 valence electrons. The number of rotatable bonds is 20. The van der Waals surface area contributed by atoms with Gasteiger partial charge in [0.1, 0.15) is 28.1 Å². The number of pyridine rings is 2. The van der Waals surface area contributed by atoms with Crippen molar-refractivity contribution in [2.24, 2.45) is 22.9 Å². The fraction of sp³-hybridized carbons (Fsp3) is 0.220. The molecule has 0 spiro atoms. The Kier molecular flexibility index (Phi) is 19.7. The number of hydrogen-bond donors (Lipinski definition) is 9. The zero-order chi connectivity index (χ0) is 67.3. The molecule has 9 aromatic heterocycles. The number of nitrogens with zero attached hydrogens (tertiary/aromatic N) is 16. The van der Waals surface area contributed by atoms with Gasteiger partial charge in [-0.3, -0.25) is 62.6 Å². The smallest absolute Gasteiger partial charge is 0.354 e. The molecule has 0 aliphatic carbocycles. The molecule has 0 aliphatic rings. The lowest BCUT2D eigenvalue weighted by Crippen LogP contribution is -2.20. The van der Waals surface area contributed by atoms with Crippen LogP contribution in [-0.4, -0.2) is 124 Å². The minimum Gasteiger partial charge on any atom is -0.477 e. The van der Waals surface area contributed by atoms with Crippen LogP contribution in [0.25, 0.3) is 44.4 Å². The molecule has 32 nitrogen and oxygen atoms in total. The summed E-state index contributed by atoms with van der Waals surface area (Å²) in [5.41, 5.74) is 42.0. The Morgan fingerprint density at radius 3 is 1.26 bits per heavy atom. The van der Waals surface area contributed by atoms with Gasteiger partial charge in [0.2, 0.25) is 47.4 Å². The van der Waals surface area contributed by atoms with Gasteiger partial charge in [-0.1, -0.05) is 24.3 Å². The molecule has 0 fully saturated rings. The first-order chi connectivity index (χ1) is 44.3. The SMILES string of the molecule is CCn1nc(C)cc1C(=O)Nc1nc2cc(C(N)=O)cnc2n1C/C=C/Cn1c(NC(=O)c2cc(C)nn2CC)nc2cc(C(N)=O)cc(Br)c21.CCn1nc(C)cc1C(=O)O.NC(=O)c1cnc2c(c1)nc(N)n2C/C=C/Cn1c(N)nc2cc(C(N)=O)cc(Br)c21. The van der Waals surface area contributed by atoms with E-state index in [2.05, 4.69) is 87.7 Å². The fourth-order valence-corrected chi connectivity index (χ4v) is 11.2. The van der Waals surface area contributed by atoms with Gasteiger partial charge < -0.3 is 48.6 Å². The molecule has 0 atom stereocenters. The number of allylic oxidation sites excluding steroid dienone is 4. The maximum absolute atomic E-state index is 13.4. The first kappa shape index (κ1) is 66.0. The summed E-state index contributed by atoms with van der Waals surface area (Å²) in [6, 6.07) is 14.4. The zero-order valence-electron chi connectivity index (χ0n) is 50.8. The van der Waals surface area contributed by atoms with E-state index in [4.69, 9.17) is 39.5 Å². The summed E-state index contributed by atoms with van der Waals surface area (Å²) in [5, 5.41) is 27.1. The van der Waals surface area contributed by atoms with Crippen LogP contribution in [0.2, 0.25) is 0 Å². The number of halogens is 2. The number of imidazole rings is 4. The maximum atomic E-state index is 13.4. The molecule has 34 heteroatoms. The average Bonchev–Trinajstić information content (AvgIpc) is 1.67. The van der Waals surface area contributed by atoms with Crippen molar-refractivity contribution in [3.8, 4) is 0 Å². The molecule has 0 saturated carbocycles. The van der Waals surface area contributed by atoms with E-state index in [1.807, 2.05) is 45.1 Å². The van der Waals surface area contributed by atoms with Gasteiger partial charge in [0.05, 0.1) is 50.3 Å². The minimum absolute atomic E-state index is 0.170. The lowest BCUT2D eigenvalue weighted by atomic mass is 10.2. The molecule has 0 saturated heterocycles. The number of benzene rings is 2. The summed E-state index contributed by atoms with van der Waals surface area (Å²) in [5.74, 6) is -3.17. The molecule has 0 unspecified atom stereocenters. The summed E-state index contributed by atoms with van der Waals surface area (Å²) in [6.07, 6.45) is 10.2. The number of nitrogens with one attached hydrogen (secondary N) is 2. The van der Waals surface area contributed by atoms with Crippen LogP contribution < -0.4 is 45.0 Å². The lowest BCUT2D eigenvalue weighted by Gasteiger charge is -2.10. The number of carboxylic acids is 1. The Balaban J connectivity index is 0.000000204. The number of aryl methyl sites for hydroxylation is 6. The van der Waals surface area contributed by atoms with E-state index in [9.17, 15) is 33.6 Å². The highest BCUT2D eigenvalue weighted by Crippen LogP contribution is 2.31. The van der Waals surface area contributed by atoms with E-state index in [1.165, 1.54) is 23.1 Å². The molecule has 0 aliphatic heterocycles. The Labute approximate surface area is 544 Å². The predicted molar refractivity (Wildman–Crippen MR) is 352 cm³/mol. The molecular formula is C59H62Br2N24O8. The normalized spacial score (nSPS) is 11.4. The number of fused-ring (bicyclic) bond motifs is 4. The summed E-state index contributed by atoms with van der Waals surface area (Å²) >= 11 is 7.00. The minimum atomic E-state index is -0.924. The Morgan fingerprint density at radius 2 is 0.806 bits per heavy atom. The number of anilines is 4. The van der Waals surface area contributed by atoms with Gasteiger partial charge in [-0.25, -0.2) is 34.7 Å². The summed E-state index contributed by atoms with van der Waals surface area (Å²) in [6.45, 7) is 13.9. The van der Waals surface area contributed by atoms with Crippen molar-refractivity contribution in [2.75, 3.05) is 22.1 Å². The standard InChI is InChI=1S/C33H34BrN13O4.C19H18BrN9O2.C7H10N2O2/c1-5-46-24(11-17(3)42-46)30(50)40-32-38-22-14-19(27(35)48)13-21(34)26(22)44(32)9-7-8-10-45-29-23(15-20(16-37-29)28(36)49)39-33(45)41-31(51)25-12-18(4)43-47(25)6-2;20-11-5-9(15(21)30)6-12-14(11)28(18(23)26-12)3-1-2-4-29-17-13(27-19(29)24)7-10(8-25-17)16(22)31;1-3-9-6(7(10)11)4-5(2)8-9/h7-8,11-16H,5-6,9-10H2,1-4H3,(H2,35,48)(H2,36,49)(H,38,40,50)(H,39,41,51);1-2,5-8H,3-4H2,(H2,21,30)(H2,22,31)(H2,23,26)(H2,24,27);4H,3H2,1-2H3,(H,10,11)/b8-7+;2-1+;. The summed E-state index contributed by atoms with van der Waals surface area (Å²) in [7, 11) is 0. The quantitative estimate of drug-likeness (QED) is 0.0418. The molecule has 93 heavy (non-hydrogen) atoms. The number of carboxylic acid groups (broad SMARTS) is 1. The van der Waals surface area contributed by atoms with Crippen LogP contribution in [0, 0.1) is 20.8 Å². The van der Waals surface area contributed by atoms with Gasteiger partial charge in [0.25, 0.3) is 11.8 Å². The predicted octanol–water partition coefficient (Wildman–Crippen LogP) is 5.62. The highest BCUT2D eigenvalue weighted by Gasteiger charge is 2.23. The number of nitrogen functional groups attached to an aromatic ring is 2. The van der Waals surface area contributed by atoms with Crippen molar-refractivity contribution >= 4 is 141 Å². The molecule has 0 radical (unpaired) electrons. The van der Waals surface area contributed by atoms with Gasteiger partial charge in [0, 0.05) is 78.3 Å².